The van der Waals surface area contributed by atoms with Crippen LogP contribution < -0.4 is 4.90 Å². The van der Waals surface area contributed by atoms with E-state index in [0.717, 1.165) is 43.1 Å². The maximum Gasteiger partial charge on any atom is 0.266 e. The van der Waals surface area contributed by atoms with E-state index in [-0.39, 0.29) is 11.8 Å². The molecule has 0 radical (unpaired) electrons. The number of para-hydroxylation sites is 1. The number of carbonyl (C=O) groups is 2. The molecule has 0 N–H and O–H groups in total. The van der Waals surface area contributed by atoms with Gasteiger partial charge in [0.2, 0.25) is 0 Å². The third-order valence-electron chi connectivity index (χ3n) is 6.75. The van der Waals surface area contributed by atoms with Crippen LogP contribution in [0.3, 0.4) is 0 Å². The first-order valence-electron chi connectivity index (χ1n) is 11.0. The fourth-order valence-electron chi connectivity index (χ4n) is 5.34. The van der Waals surface area contributed by atoms with Crippen LogP contribution >= 0.6 is 0 Å². The average molecular weight is 423 g/mol. The van der Waals surface area contributed by atoms with Crippen LogP contribution in [-0.4, -0.2) is 11.8 Å². The lowest BCUT2D eigenvalue weighted by Crippen LogP contribution is -2.29. The Morgan fingerprint density at radius 3 is 1.39 bits per heavy atom. The molecule has 3 heteroatoms. The standard InChI is InChI=1S/C30H17NO2/c32-29-27-23-16-14-18-8-4-6-12-21(18)25(23)26-22-13-7-5-9-19(22)15-17-24(26)28(27)30(33)31(29)20-10-2-1-3-11-20/h1-17H. The topological polar surface area (TPSA) is 37.4 Å². The van der Waals surface area contributed by atoms with E-state index >= 15 is 0 Å². The molecule has 154 valence electrons. The van der Waals surface area contributed by atoms with E-state index in [9.17, 15) is 9.59 Å². The zero-order chi connectivity index (χ0) is 22.1. The lowest BCUT2D eigenvalue weighted by atomic mass is 9.87. The predicted molar refractivity (Wildman–Crippen MR) is 134 cm³/mol. The molecule has 0 saturated carbocycles. The quantitative estimate of drug-likeness (QED) is 0.209. The normalized spacial score (nSPS) is 13.5. The minimum atomic E-state index is -0.267. The molecule has 1 heterocycles. The van der Waals surface area contributed by atoms with Crippen molar-refractivity contribution in [2.24, 2.45) is 0 Å². The van der Waals surface area contributed by atoms with E-state index < -0.39 is 0 Å². The SMILES string of the molecule is O=C1c2c(c3ccc4ccccc4c3c3c2ccc2ccccc23)C(=O)N1c1ccccc1. The van der Waals surface area contributed by atoms with E-state index in [4.69, 9.17) is 0 Å². The molecular formula is C30H17NO2. The number of amides is 2. The molecule has 0 fully saturated rings. The average Bonchev–Trinajstić information content (AvgIpc) is 3.14. The van der Waals surface area contributed by atoms with Crippen LogP contribution in [0, 0.1) is 0 Å². The second kappa shape index (κ2) is 6.50. The van der Waals surface area contributed by atoms with E-state index in [1.807, 2.05) is 66.7 Å². The molecule has 6 aromatic carbocycles. The summed E-state index contributed by atoms with van der Waals surface area (Å²) in [5, 5.41) is 8.07. The van der Waals surface area contributed by atoms with Crippen LogP contribution in [0.2, 0.25) is 0 Å². The van der Waals surface area contributed by atoms with Crippen molar-refractivity contribution < 1.29 is 9.59 Å². The summed E-state index contributed by atoms with van der Waals surface area (Å²) in [4.78, 5) is 28.9. The van der Waals surface area contributed by atoms with Gasteiger partial charge in [0.05, 0.1) is 16.8 Å². The van der Waals surface area contributed by atoms with Crippen LogP contribution in [-0.2, 0) is 0 Å². The maximum absolute atomic E-state index is 13.8. The van der Waals surface area contributed by atoms with Crippen molar-refractivity contribution in [1.82, 2.24) is 0 Å². The van der Waals surface area contributed by atoms with Crippen molar-refractivity contribution >= 4 is 60.6 Å². The molecule has 2 amide bonds. The van der Waals surface area contributed by atoms with Gasteiger partial charge >= 0.3 is 0 Å². The second-order valence-electron chi connectivity index (χ2n) is 8.45. The van der Waals surface area contributed by atoms with Crippen molar-refractivity contribution in [3.05, 3.63) is 114 Å². The molecule has 0 atom stereocenters. The highest BCUT2D eigenvalue weighted by Gasteiger charge is 2.40. The number of fused-ring (bicyclic) bond motifs is 10. The molecule has 1 aliphatic heterocycles. The van der Waals surface area contributed by atoms with E-state index in [2.05, 4.69) is 24.3 Å². The fourth-order valence-corrected chi connectivity index (χ4v) is 5.34. The number of benzene rings is 6. The molecule has 0 aliphatic carbocycles. The summed E-state index contributed by atoms with van der Waals surface area (Å²) < 4.78 is 0. The zero-order valence-corrected chi connectivity index (χ0v) is 17.6. The summed E-state index contributed by atoms with van der Waals surface area (Å²) >= 11 is 0. The Hall–Kier alpha value is -4.50. The molecule has 1 aliphatic rings. The highest BCUT2D eigenvalue weighted by Crippen LogP contribution is 2.44. The van der Waals surface area contributed by atoms with Crippen LogP contribution in [0.1, 0.15) is 20.7 Å². The number of hydrogen-bond donors (Lipinski definition) is 0. The molecule has 3 nitrogen and oxygen atoms in total. The fraction of sp³-hybridized carbons (Fsp3) is 0. The van der Waals surface area contributed by atoms with E-state index in [1.165, 1.54) is 4.90 Å². The third-order valence-corrected chi connectivity index (χ3v) is 6.75. The number of rotatable bonds is 1. The van der Waals surface area contributed by atoms with Gasteiger partial charge in [-0.3, -0.25) is 9.59 Å². The van der Waals surface area contributed by atoms with Gasteiger partial charge in [-0.15, -0.1) is 0 Å². The second-order valence-corrected chi connectivity index (χ2v) is 8.45. The largest absolute Gasteiger partial charge is 0.268 e. The van der Waals surface area contributed by atoms with Gasteiger partial charge in [0.15, 0.2) is 0 Å². The Kier molecular flexibility index (Phi) is 3.57. The maximum atomic E-state index is 13.8. The summed E-state index contributed by atoms with van der Waals surface area (Å²) in [7, 11) is 0. The molecule has 33 heavy (non-hydrogen) atoms. The lowest BCUT2D eigenvalue weighted by molar-refractivity contribution is 0.0927. The van der Waals surface area contributed by atoms with Gasteiger partial charge in [-0.1, -0.05) is 91.0 Å². The first kappa shape index (κ1) is 18.1. The number of hydrogen-bond acceptors (Lipinski definition) is 2. The van der Waals surface area contributed by atoms with Gasteiger partial charge in [-0.2, -0.15) is 0 Å². The molecule has 0 unspecified atom stereocenters. The van der Waals surface area contributed by atoms with Gasteiger partial charge in [0, 0.05) is 0 Å². The summed E-state index contributed by atoms with van der Waals surface area (Å²) in [5.41, 5.74) is 1.58. The molecule has 6 aromatic rings. The third kappa shape index (κ3) is 2.34. The van der Waals surface area contributed by atoms with Crippen LogP contribution in [0.5, 0.6) is 0 Å². The summed E-state index contributed by atoms with van der Waals surface area (Å²) in [6.07, 6.45) is 0. The van der Waals surface area contributed by atoms with Crippen molar-refractivity contribution in [3.63, 3.8) is 0 Å². The predicted octanol–water partition coefficient (Wildman–Crippen LogP) is 7.10. The van der Waals surface area contributed by atoms with Gasteiger partial charge in [-0.05, 0) is 55.2 Å². The van der Waals surface area contributed by atoms with Crippen molar-refractivity contribution in [2.45, 2.75) is 0 Å². The van der Waals surface area contributed by atoms with Gasteiger partial charge in [0.25, 0.3) is 11.8 Å². The van der Waals surface area contributed by atoms with Gasteiger partial charge < -0.3 is 0 Å². The van der Waals surface area contributed by atoms with Crippen molar-refractivity contribution in [3.8, 4) is 0 Å². The Bertz CT molecular complexity index is 1690. The lowest BCUT2D eigenvalue weighted by Gasteiger charge is -2.14. The Morgan fingerprint density at radius 1 is 0.424 bits per heavy atom. The van der Waals surface area contributed by atoms with Crippen LogP contribution in [0.4, 0.5) is 5.69 Å². The number of imide groups is 1. The Morgan fingerprint density at radius 2 is 0.879 bits per heavy atom. The molecule has 0 saturated heterocycles. The van der Waals surface area contributed by atoms with E-state index in [1.54, 1.807) is 12.1 Å². The zero-order valence-electron chi connectivity index (χ0n) is 17.6. The first-order valence-corrected chi connectivity index (χ1v) is 11.0. The summed E-state index contributed by atoms with van der Waals surface area (Å²) in [6, 6.07) is 33.7. The van der Waals surface area contributed by atoms with Crippen molar-refractivity contribution in [1.29, 1.82) is 0 Å². The molecule has 0 spiro atoms. The minimum absolute atomic E-state index is 0.267. The minimum Gasteiger partial charge on any atom is -0.268 e. The van der Waals surface area contributed by atoms with Crippen LogP contribution in [0.25, 0.3) is 43.1 Å². The first-order chi connectivity index (χ1) is 16.2. The van der Waals surface area contributed by atoms with Crippen LogP contribution in [0.15, 0.2) is 103 Å². The van der Waals surface area contributed by atoms with E-state index in [0.29, 0.717) is 16.8 Å². The molecular weight excluding hydrogens is 406 g/mol. The molecule has 7 rings (SSSR count). The van der Waals surface area contributed by atoms with Gasteiger partial charge in [-0.25, -0.2) is 4.90 Å². The van der Waals surface area contributed by atoms with Gasteiger partial charge in [0.1, 0.15) is 0 Å². The number of carbonyl (C=O) groups excluding carboxylic acids is 2. The Balaban J connectivity index is 1.73. The summed E-state index contributed by atoms with van der Waals surface area (Å²) in [6.45, 7) is 0. The summed E-state index contributed by atoms with van der Waals surface area (Å²) in [5.74, 6) is -0.534. The molecule has 0 bridgehead atoms. The monoisotopic (exact) mass is 423 g/mol. The van der Waals surface area contributed by atoms with Crippen molar-refractivity contribution in [2.75, 3.05) is 4.90 Å². The molecule has 0 aromatic heterocycles. The number of nitrogens with zero attached hydrogens (tertiary/aromatic N) is 1. The Labute approximate surface area is 189 Å². The highest BCUT2D eigenvalue weighted by molar-refractivity contribution is 6.45. The smallest absolute Gasteiger partial charge is 0.266 e. The number of anilines is 1. The highest BCUT2D eigenvalue weighted by atomic mass is 16.2.